The quantitative estimate of drug-likeness (QED) is 0.883. The summed E-state index contributed by atoms with van der Waals surface area (Å²) < 4.78 is 4.75. The van der Waals surface area contributed by atoms with Gasteiger partial charge in [0.15, 0.2) is 6.04 Å². The van der Waals surface area contributed by atoms with Gasteiger partial charge in [0.25, 0.3) is 5.91 Å². The highest BCUT2D eigenvalue weighted by Crippen LogP contribution is 2.18. The molecule has 21 heavy (non-hydrogen) atoms. The average molecular weight is 304 g/mol. The second-order valence-corrected chi connectivity index (χ2v) is 4.73. The number of methoxy groups -OCH3 is 1. The number of ether oxygens (including phenoxy) is 1. The molecule has 2 aromatic carbocycles. The predicted octanol–water partition coefficient (Wildman–Crippen LogP) is 2.98. The van der Waals surface area contributed by atoms with Crippen LogP contribution in [0.1, 0.15) is 22.0 Å². The number of benzene rings is 2. The Kier molecular flexibility index (Phi) is 4.95. The lowest BCUT2D eigenvalue weighted by Crippen LogP contribution is -2.34. The normalized spacial score (nSPS) is 11.5. The Bertz CT molecular complexity index is 643. The van der Waals surface area contributed by atoms with Crippen molar-refractivity contribution < 1.29 is 14.3 Å². The van der Waals surface area contributed by atoms with E-state index in [4.69, 9.17) is 16.3 Å². The second-order valence-electron chi connectivity index (χ2n) is 4.32. The molecule has 0 saturated heterocycles. The zero-order chi connectivity index (χ0) is 15.2. The van der Waals surface area contributed by atoms with Crippen molar-refractivity contribution in [2.45, 2.75) is 6.04 Å². The van der Waals surface area contributed by atoms with Crippen molar-refractivity contribution in [1.82, 2.24) is 5.32 Å². The van der Waals surface area contributed by atoms with Crippen LogP contribution >= 0.6 is 11.6 Å². The summed E-state index contributed by atoms with van der Waals surface area (Å²) in [7, 11) is 1.28. The van der Waals surface area contributed by atoms with Gasteiger partial charge in [0.1, 0.15) is 0 Å². The predicted molar refractivity (Wildman–Crippen MR) is 80.1 cm³/mol. The Morgan fingerprint density at radius 3 is 2.29 bits per heavy atom. The van der Waals surface area contributed by atoms with Gasteiger partial charge in [-0.05, 0) is 17.7 Å². The fourth-order valence-electron chi connectivity index (χ4n) is 1.90. The van der Waals surface area contributed by atoms with Crippen LogP contribution in [0.3, 0.4) is 0 Å². The van der Waals surface area contributed by atoms with Crippen molar-refractivity contribution in [3.63, 3.8) is 0 Å². The fraction of sp³-hybridized carbons (Fsp3) is 0.125. The molecule has 0 unspecified atom stereocenters. The third-order valence-electron chi connectivity index (χ3n) is 2.96. The first-order chi connectivity index (χ1) is 10.1. The van der Waals surface area contributed by atoms with Gasteiger partial charge in [-0.1, -0.05) is 54.1 Å². The van der Waals surface area contributed by atoms with Crippen molar-refractivity contribution in [3.8, 4) is 0 Å². The van der Waals surface area contributed by atoms with Crippen LogP contribution in [0.25, 0.3) is 0 Å². The highest BCUT2D eigenvalue weighted by molar-refractivity contribution is 6.33. The third-order valence-corrected chi connectivity index (χ3v) is 3.29. The molecule has 0 saturated carbocycles. The van der Waals surface area contributed by atoms with Crippen LogP contribution in [0, 0.1) is 0 Å². The van der Waals surface area contributed by atoms with Crippen molar-refractivity contribution >= 4 is 23.5 Å². The van der Waals surface area contributed by atoms with Crippen molar-refractivity contribution in [2.75, 3.05) is 7.11 Å². The molecule has 0 fully saturated rings. The van der Waals surface area contributed by atoms with E-state index in [2.05, 4.69) is 5.32 Å². The van der Waals surface area contributed by atoms with E-state index in [0.717, 1.165) is 0 Å². The highest BCUT2D eigenvalue weighted by atomic mass is 35.5. The lowest BCUT2D eigenvalue weighted by molar-refractivity contribution is -0.143. The molecule has 1 atom stereocenters. The van der Waals surface area contributed by atoms with Crippen LogP contribution < -0.4 is 5.32 Å². The zero-order valence-electron chi connectivity index (χ0n) is 11.4. The number of rotatable bonds is 4. The Morgan fingerprint density at radius 1 is 1.05 bits per heavy atom. The summed E-state index contributed by atoms with van der Waals surface area (Å²) >= 11 is 5.99. The molecule has 2 rings (SSSR count). The monoisotopic (exact) mass is 303 g/mol. The van der Waals surface area contributed by atoms with Gasteiger partial charge in [0, 0.05) is 0 Å². The molecule has 108 valence electrons. The number of amides is 1. The molecule has 2 aromatic rings. The van der Waals surface area contributed by atoms with Crippen molar-refractivity contribution in [1.29, 1.82) is 0 Å². The van der Waals surface area contributed by atoms with Gasteiger partial charge in [-0.2, -0.15) is 0 Å². The maximum absolute atomic E-state index is 12.3. The molecule has 4 nitrogen and oxygen atoms in total. The van der Waals surface area contributed by atoms with E-state index < -0.39 is 17.9 Å². The van der Waals surface area contributed by atoms with Gasteiger partial charge in [-0.15, -0.1) is 0 Å². The van der Waals surface area contributed by atoms with E-state index in [1.807, 2.05) is 6.07 Å². The van der Waals surface area contributed by atoms with Crippen LogP contribution in [0.2, 0.25) is 5.02 Å². The molecular weight excluding hydrogens is 290 g/mol. The SMILES string of the molecule is COC(=O)[C@@H](NC(=O)c1ccccc1Cl)c1ccccc1. The summed E-state index contributed by atoms with van der Waals surface area (Å²) in [5.41, 5.74) is 0.953. The van der Waals surface area contributed by atoms with Gasteiger partial charge >= 0.3 is 5.97 Å². The molecule has 0 aliphatic carbocycles. The number of carbonyl (C=O) groups excluding carboxylic acids is 2. The first-order valence-corrected chi connectivity index (χ1v) is 6.69. The van der Waals surface area contributed by atoms with E-state index >= 15 is 0 Å². The molecule has 0 bridgehead atoms. The first-order valence-electron chi connectivity index (χ1n) is 6.31. The number of carbonyl (C=O) groups is 2. The van der Waals surface area contributed by atoms with Gasteiger partial charge in [0.05, 0.1) is 17.7 Å². The minimum Gasteiger partial charge on any atom is -0.467 e. The molecule has 0 radical (unpaired) electrons. The Balaban J connectivity index is 2.26. The molecule has 0 spiro atoms. The Labute approximate surface area is 127 Å². The summed E-state index contributed by atoms with van der Waals surface area (Å²) in [5, 5.41) is 2.97. The minimum absolute atomic E-state index is 0.309. The topological polar surface area (TPSA) is 55.4 Å². The van der Waals surface area contributed by atoms with Gasteiger partial charge in [0.2, 0.25) is 0 Å². The number of hydrogen-bond donors (Lipinski definition) is 1. The molecule has 1 N–H and O–H groups in total. The second kappa shape index (κ2) is 6.90. The maximum atomic E-state index is 12.3. The summed E-state index contributed by atoms with van der Waals surface area (Å²) in [4.78, 5) is 24.2. The number of esters is 1. The van der Waals surface area contributed by atoms with E-state index in [1.54, 1.807) is 48.5 Å². The molecule has 0 heterocycles. The largest absolute Gasteiger partial charge is 0.467 e. The highest BCUT2D eigenvalue weighted by Gasteiger charge is 2.24. The van der Waals surface area contributed by atoms with Gasteiger partial charge in [-0.3, -0.25) is 4.79 Å². The van der Waals surface area contributed by atoms with Crippen molar-refractivity contribution in [3.05, 3.63) is 70.7 Å². The van der Waals surface area contributed by atoms with E-state index in [9.17, 15) is 9.59 Å². The Hall–Kier alpha value is -2.33. The summed E-state index contributed by atoms with van der Waals surface area (Å²) in [6, 6.07) is 14.7. The van der Waals surface area contributed by atoms with E-state index in [1.165, 1.54) is 7.11 Å². The fourth-order valence-corrected chi connectivity index (χ4v) is 2.12. The summed E-state index contributed by atoms with van der Waals surface area (Å²) in [6.45, 7) is 0. The summed E-state index contributed by atoms with van der Waals surface area (Å²) in [6.07, 6.45) is 0. The summed E-state index contributed by atoms with van der Waals surface area (Å²) in [5.74, 6) is -0.971. The number of hydrogen-bond acceptors (Lipinski definition) is 3. The molecule has 0 aromatic heterocycles. The van der Waals surface area contributed by atoms with Gasteiger partial charge < -0.3 is 10.1 Å². The van der Waals surface area contributed by atoms with Crippen LogP contribution in [0.5, 0.6) is 0 Å². The first kappa shape index (κ1) is 15.1. The lowest BCUT2D eigenvalue weighted by atomic mass is 10.1. The maximum Gasteiger partial charge on any atom is 0.333 e. The molecular formula is C16H14ClNO3. The lowest BCUT2D eigenvalue weighted by Gasteiger charge is -2.17. The van der Waals surface area contributed by atoms with E-state index in [-0.39, 0.29) is 0 Å². The van der Waals surface area contributed by atoms with Crippen LogP contribution in [-0.4, -0.2) is 19.0 Å². The molecule has 1 amide bonds. The smallest absolute Gasteiger partial charge is 0.333 e. The molecule has 0 aliphatic heterocycles. The Morgan fingerprint density at radius 2 is 1.67 bits per heavy atom. The molecule has 0 aliphatic rings. The van der Waals surface area contributed by atoms with E-state index in [0.29, 0.717) is 16.1 Å². The number of nitrogens with one attached hydrogen (secondary N) is 1. The third kappa shape index (κ3) is 3.61. The zero-order valence-corrected chi connectivity index (χ0v) is 12.1. The van der Waals surface area contributed by atoms with Crippen LogP contribution in [0.4, 0.5) is 0 Å². The standard InChI is InChI=1S/C16H14ClNO3/c1-21-16(20)14(11-7-3-2-4-8-11)18-15(19)12-9-5-6-10-13(12)17/h2-10,14H,1H3,(H,18,19)/t14-/m0/s1. The van der Waals surface area contributed by atoms with Gasteiger partial charge in [-0.25, -0.2) is 4.79 Å². The number of halogens is 1. The molecule has 5 heteroatoms. The average Bonchev–Trinajstić information content (AvgIpc) is 2.53. The minimum atomic E-state index is -0.875. The van der Waals surface area contributed by atoms with Crippen LogP contribution in [0.15, 0.2) is 54.6 Å². The van der Waals surface area contributed by atoms with Crippen LogP contribution in [-0.2, 0) is 9.53 Å². The van der Waals surface area contributed by atoms with Crippen molar-refractivity contribution in [2.24, 2.45) is 0 Å².